The molecule has 3 saturated heterocycles. The van der Waals surface area contributed by atoms with Gasteiger partial charge in [0.2, 0.25) is 5.91 Å². The van der Waals surface area contributed by atoms with E-state index in [1.807, 2.05) is 61.2 Å². The summed E-state index contributed by atoms with van der Waals surface area (Å²) in [5.41, 5.74) is 3.20. The monoisotopic (exact) mass is 503 g/mol. The lowest BCUT2D eigenvalue weighted by molar-refractivity contribution is -0.141. The molecular formula is C29H37N5O3. The van der Waals surface area contributed by atoms with E-state index in [0.29, 0.717) is 32.6 Å². The Hall–Kier alpha value is -3.55. The fourth-order valence-electron chi connectivity index (χ4n) is 5.96. The van der Waals surface area contributed by atoms with Crippen LogP contribution in [0.4, 0.5) is 16.2 Å². The largest absolute Gasteiger partial charge is 0.341 e. The zero-order valence-corrected chi connectivity index (χ0v) is 21.9. The summed E-state index contributed by atoms with van der Waals surface area (Å²) < 4.78 is 0. The van der Waals surface area contributed by atoms with Crippen LogP contribution in [0.25, 0.3) is 0 Å². The van der Waals surface area contributed by atoms with E-state index in [1.54, 1.807) is 9.80 Å². The van der Waals surface area contributed by atoms with Gasteiger partial charge in [-0.1, -0.05) is 35.9 Å². The second-order valence-electron chi connectivity index (χ2n) is 10.6. The number of anilines is 2. The van der Waals surface area contributed by atoms with Crippen molar-refractivity contribution in [3.8, 4) is 0 Å². The predicted octanol–water partition coefficient (Wildman–Crippen LogP) is 3.99. The van der Waals surface area contributed by atoms with Gasteiger partial charge in [-0.05, 0) is 69.7 Å². The van der Waals surface area contributed by atoms with Crippen molar-refractivity contribution in [2.45, 2.75) is 51.5 Å². The third kappa shape index (κ3) is 5.02. The van der Waals surface area contributed by atoms with E-state index in [0.717, 1.165) is 54.9 Å². The van der Waals surface area contributed by atoms with Gasteiger partial charge < -0.3 is 24.9 Å². The van der Waals surface area contributed by atoms with Crippen molar-refractivity contribution in [1.29, 1.82) is 0 Å². The molecule has 0 unspecified atom stereocenters. The van der Waals surface area contributed by atoms with Crippen LogP contribution < -0.4 is 10.2 Å². The minimum Gasteiger partial charge on any atom is -0.341 e. The van der Waals surface area contributed by atoms with Gasteiger partial charge in [-0.2, -0.15) is 0 Å². The summed E-state index contributed by atoms with van der Waals surface area (Å²) in [6.07, 6.45) is 4.26. The van der Waals surface area contributed by atoms with Crippen molar-refractivity contribution >= 4 is 29.2 Å². The van der Waals surface area contributed by atoms with Gasteiger partial charge in [0.15, 0.2) is 0 Å². The lowest BCUT2D eigenvalue weighted by atomic mass is 9.85. The summed E-state index contributed by atoms with van der Waals surface area (Å²) in [6, 6.07) is 15.8. The van der Waals surface area contributed by atoms with Crippen molar-refractivity contribution in [1.82, 2.24) is 14.7 Å². The van der Waals surface area contributed by atoms with Crippen molar-refractivity contribution in [3.63, 3.8) is 0 Å². The molecule has 2 aromatic rings. The van der Waals surface area contributed by atoms with Gasteiger partial charge in [0.05, 0.1) is 6.67 Å². The second-order valence-corrected chi connectivity index (χ2v) is 10.6. The van der Waals surface area contributed by atoms with E-state index >= 15 is 0 Å². The summed E-state index contributed by atoms with van der Waals surface area (Å²) in [5.74, 6) is 0.0274. The average molecular weight is 504 g/mol. The van der Waals surface area contributed by atoms with Crippen LogP contribution >= 0.6 is 0 Å². The molecule has 0 radical (unpaired) electrons. The minimum absolute atomic E-state index is 0.00357. The molecule has 37 heavy (non-hydrogen) atoms. The number of para-hydroxylation sites is 1. The van der Waals surface area contributed by atoms with E-state index < -0.39 is 5.54 Å². The van der Waals surface area contributed by atoms with Gasteiger partial charge in [0.25, 0.3) is 5.91 Å². The smallest absolute Gasteiger partial charge is 0.321 e. The molecule has 2 aromatic carbocycles. The third-order valence-corrected chi connectivity index (χ3v) is 8.12. The molecule has 8 nitrogen and oxygen atoms in total. The first kappa shape index (κ1) is 25.1. The highest BCUT2D eigenvalue weighted by Gasteiger charge is 2.54. The number of benzene rings is 2. The number of nitrogens with one attached hydrogen (secondary N) is 1. The van der Waals surface area contributed by atoms with Crippen molar-refractivity contribution in [2.75, 3.05) is 49.6 Å². The second kappa shape index (κ2) is 10.4. The molecule has 1 spiro atoms. The van der Waals surface area contributed by atoms with Crippen molar-refractivity contribution in [2.24, 2.45) is 0 Å². The molecule has 196 valence electrons. The summed E-state index contributed by atoms with van der Waals surface area (Å²) in [7, 11) is 0. The van der Waals surface area contributed by atoms with E-state index in [2.05, 4.69) is 16.3 Å². The number of hydrogen-bond acceptors (Lipinski definition) is 4. The summed E-state index contributed by atoms with van der Waals surface area (Å²) in [6.45, 7) is 7.01. The lowest BCUT2D eigenvalue weighted by Gasteiger charge is -2.43. The predicted molar refractivity (Wildman–Crippen MR) is 144 cm³/mol. The molecule has 3 aliphatic heterocycles. The quantitative estimate of drug-likeness (QED) is 0.685. The highest BCUT2D eigenvalue weighted by atomic mass is 16.2. The number of urea groups is 1. The number of amides is 4. The van der Waals surface area contributed by atoms with E-state index in [4.69, 9.17) is 0 Å². The molecular weight excluding hydrogens is 466 g/mol. The summed E-state index contributed by atoms with van der Waals surface area (Å²) >= 11 is 0. The van der Waals surface area contributed by atoms with Crippen LogP contribution in [0.1, 0.15) is 43.2 Å². The molecule has 8 heteroatoms. The zero-order valence-electron chi connectivity index (χ0n) is 21.9. The number of likely N-dealkylation sites (tertiary alicyclic amines) is 2. The van der Waals surface area contributed by atoms with Crippen LogP contribution in [0.2, 0.25) is 0 Å². The Morgan fingerprint density at radius 2 is 1.59 bits per heavy atom. The molecule has 0 bridgehead atoms. The normalized spacial score (nSPS) is 19.5. The maximum atomic E-state index is 13.9. The molecule has 3 heterocycles. The number of hydrogen-bond donors (Lipinski definition) is 1. The lowest BCUT2D eigenvalue weighted by Crippen LogP contribution is -2.58. The Bertz CT molecular complexity index is 1150. The molecule has 0 aromatic heterocycles. The Kier molecular flexibility index (Phi) is 7.09. The number of nitrogens with zero attached hydrogens (tertiary/aromatic N) is 4. The molecule has 0 aliphatic carbocycles. The number of rotatable bonds is 4. The van der Waals surface area contributed by atoms with E-state index in [1.165, 1.54) is 0 Å². The molecule has 1 N–H and O–H groups in total. The van der Waals surface area contributed by atoms with Crippen LogP contribution in [0.3, 0.4) is 0 Å². The molecule has 4 amide bonds. The first-order chi connectivity index (χ1) is 17.9. The van der Waals surface area contributed by atoms with Gasteiger partial charge in [0.1, 0.15) is 12.1 Å². The van der Waals surface area contributed by atoms with Gasteiger partial charge in [-0.25, -0.2) is 4.79 Å². The van der Waals surface area contributed by atoms with E-state index in [9.17, 15) is 14.4 Å². The molecule has 3 fully saturated rings. The summed E-state index contributed by atoms with van der Waals surface area (Å²) in [4.78, 5) is 47.6. The Morgan fingerprint density at radius 1 is 0.892 bits per heavy atom. The third-order valence-electron chi connectivity index (χ3n) is 8.12. The maximum absolute atomic E-state index is 13.9. The summed E-state index contributed by atoms with van der Waals surface area (Å²) in [5, 5.41) is 3.04. The maximum Gasteiger partial charge on any atom is 0.321 e. The number of piperidine rings is 2. The van der Waals surface area contributed by atoms with Crippen molar-refractivity contribution in [3.05, 3.63) is 59.7 Å². The van der Waals surface area contributed by atoms with E-state index in [-0.39, 0.29) is 24.4 Å². The highest BCUT2D eigenvalue weighted by Crippen LogP contribution is 2.39. The first-order valence-electron chi connectivity index (χ1n) is 13.4. The van der Waals surface area contributed by atoms with Crippen LogP contribution in [0.5, 0.6) is 0 Å². The SMILES string of the molecule is Cc1ccc(NC(=O)N2CCC3(CC2)C(=O)N(CC(=O)N2CCCCC2)CN3c2ccccc2)c(C)c1. The Morgan fingerprint density at radius 3 is 2.27 bits per heavy atom. The van der Waals surface area contributed by atoms with Crippen LogP contribution in [-0.2, 0) is 9.59 Å². The van der Waals surface area contributed by atoms with Gasteiger partial charge in [-0.15, -0.1) is 0 Å². The van der Waals surface area contributed by atoms with Crippen molar-refractivity contribution < 1.29 is 14.4 Å². The molecule has 0 atom stereocenters. The number of carbonyl (C=O) groups excluding carboxylic acids is 3. The molecule has 3 aliphatic rings. The fraction of sp³-hybridized carbons (Fsp3) is 0.483. The molecule has 0 saturated carbocycles. The van der Waals surface area contributed by atoms with Crippen LogP contribution in [-0.4, -0.2) is 77.5 Å². The van der Waals surface area contributed by atoms with Gasteiger partial charge in [-0.3, -0.25) is 9.59 Å². The first-order valence-corrected chi connectivity index (χ1v) is 13.4. The Balaban J connectivity index is 1.31. The highest BCUT2D eigenvalue weighted by molar-refractivity contribution is 5.97. The minimum atomic E-state index is -0.750. The van der Waals surface area contributed by atoms with Crippen LogP contribution in [0.15, 0.2) is 48.5 Å². The standard InChI is InChI=1S/C29H37N5O3/c1-22-11-12-25(23(2)19-22)30-28(37)32-17-13-29(14-18-32)27(36)33(20-26(35)31-15-7-4-8-16-31)21-34(29)24-9-5-3-6-10-24/h3,5-6,9-12,19H,4,7-8,13-18,20-21H2,1-2H3,(H,30,37). The number of aryl methyl sites for hydroxylation is 2. The van der Waals surface area contributed by atoms with Gasteiger partial charge in [0, 0.05) is 37.6 Å². The fourth-order valence-corrected chi connectivity index (χ4v) is 5.96. The van der Waals surface area contributed by atoms with Gasteiger partial charge >= 0.3 is 6.03 Å². The average Bonchev–Trinajstić information content (AvgIpc) is 3.17. The zero-order chi connectivity index (χ0) is 26.0. The Labute approximate surface area is 219 Å². The molecule has 5 rings (SSSR count). The number of carbonyl (C=O) groups is 3. The van der Waals surface area contributed by atoms with Crippen LogP contribution in [0, 0.1) is 13.8 Å². The topological polar surface area (TPSA) is 76.2 Å².